The third-order valence-electron chi connectivity index (χ3n) is 7.54. The van der Waals surface area contributed by atoms with Crippen LogP contribution in [0.5, 0.6) is 5.88 Å². The van der Waals surface area contributed by atoms with Gasteiger partial charge in [0.25, 0.3) is 5.56 Å². The highest BCUT2D eigenvalue weighted by molar-refractivity contribution is 6.39. The molecule has 2 unspecified atom stereocenters. The number of rotatable bonds is 8. The molecule has 2 aromatic carbocycles. The third-order valence-corrected chi connectivity index (χ3v) is 8.35. The fourth-order valence-electron chi connectivity index (χ4n) is 5.17. The number of halogens is 2. The molecule has 0 amide bonds. The molecule has 3 N–H and O–H groups in total. The highest BCUT2D eigenvalue weighted by Gasteiger charge is 2.24. The SMILES string of the molecule is CC.COc1nc(-c2cccc(-c3cccc(Nc4nccc5cnn(C)c(=O)c45)c3Cl)c2Cl)cnc1CNC1CCOCC1O. The third kappa shape index (κ3) is 6.84. The van der Waals surface area contributed by atoms with Crippen LogP contribution in [0.1, 0.15) is 26.0 Å². The average molecular weight is 665 g/mol. The second kappa shape index (κ2) is 15.0. The first kappa shape index (κ1) is 33.2. The Balaban J connectivity index is 0.00000204. The van der Waals surface area contributed by atoms with Gasteiger partial charge in [-0.15, -0.1) is 0 Å². The van der Waals surface area contributed by atoms with Gasteiger partial charge in [0.05, 0.1) is 59.0 Å². The molecule has 11 nitrogen and oxygen atoms in total. The maximum atomic E-state index is 12.9. The van der Waals surface area contributed by atoms with Crippen molar-refractivity contribution in [2.75, 3.05) is 25.6 Å². The minimum Gasteiger partial charge on any atom is -0.480 e. The number of methoxy groups -OCH3 is 1. The predicted molar refractivity (Wildman–Crippen MR) is 181 cm³/mol. The number of aromatic nitrogens is 5. The minimum absolute atomic E-state index is 0.102. The summed E-state index contributed by atoms with van der Waals surface area (Å²) in [5, 5.41) is 22.7. The van der Waals surface area contributed by atoms with Crippen molar-refractivity contribution in [3.8, 4) is 28.3 Å². The molecule has 0 aliphatic carbocycles. The number of ether oxygens (including phenoxy) is 2. The van der Waals surface area contributed by atoms with Gasteiger partial charge in [0.2, 0.25) is 5.88 Å². The molecule has 0 bridgehead atoms. The highest BCUT2D eigenvalue weighted by Crippen LogP contribution is 2.42. The van der Waals surface area contributed by atoms with Crippen molar-refractivity contribution in [3.63, 3.8) is 0 Å². The molecule has 240 valence electrons. The van der Waals surface area contributed by atoms with Gasteiger partial charge >= 0.3 is 0 Å². The van der Waals surface area contributed by atoms with Gasteiger partial charge in [0, 0.05) is 54.5 Å². The van der Waals surface area contributed by atoms with E-state index in [4.69, 9.17) is 37.7 Å². The van der Waals surface area contributed by atoms with Crippen LogP contribution in [0, 0.1) is 0 Å². The van der Waals surface area contributed by atoms with Crippen LogP contribution in [-0.4, -0.2) is 62.3 Å². The lowest BCUT2D eigenvalue weighted by molar-refractivity contribution is -0.0281. The number of aliphatic hydroxyl groups excluding tert-OH is 1. The largest absolute Gasteiger partial charge is 0.480 e. The van der Waals surface area contributed by atoms with Gasteiger partial charge in [-0.1, -0.05) is 67.4 Å². The molecular weight excluding hydrogens is 629 g/mol. The molecule has 1 aliphatic rings. The quantitative estimate of drug-likeness (QED) is 0.187. The van der Waals surface area contributed by atoms with Gasteiger partial charge in [0.15, 0.2) is 0 Å². The molecule has 1 fully saturated rings. The first-order valence-corrected chi connectivity index (χ1v) is 15.7. The first-order valence-electron chi connectivity index (χ1n) is 14.9. The highest BCUT2D eigenvalue weighted by atomic mass is 35.5. The number of hydrogen-bond donors (Lipinski definition) is 3. The molecule has 13 heteroatoms. The van der Waals surface area contributed by atoms with E-state index in [9.17, 15) is 9.90 Å². The lowest BCUT2D eigenvalue weighted by Gasteiger charge is -2.28. The van der Waals surface area contributed by atoms with Gasteiger partial charge in [-0.05, 0) is 18.6 Å². The Bertz CT molecular complexity index is 1900. The molecule has 0 spiro atoms. The van der Waals surface area contributed by atoms with Crippen molar-refractivity contribution in [2.24, 2.45) is 7.05 Å². The molecule has 5 aromatic rings. The van der Waals surface area contributed by atoms with Crippen molar-refractivity contribution in [3.05, 3.63) is 87.1 Å². The minimum atomic E-state index is -0.586. The number of nitrogens with zero attached hydrogens (tertiary/aromatic N) is 5. The smallest absolute Gasteiger partial charge is 0.278 e. The molecule has 4 heterocycles. The second-order valence-electron chi connectivity index (χ2n) is 10.3. The number of fused-ring (bicyclic) bond motifs is 1. The van der Waals surface area contributed by atoms with Crippen LogP contribution in [-0.2, 0) is 18.3 Å². The van der Waals surface area contributed by atoms with Crippen molar-refractivity contribution >= 4 is 45.5 Å². The van der Waals surface area contributed by atoms with E-state index in [1.807, 2.05) is 44.2 Å². The zero-order valence-electron chi connectivity index (χ0n) is 25.9. The van der Waals surface area contributed by atoms with Crippen LogP contribution < -0.4 is 20.9 Å². The van der Waals surface area contributed by atoms with Crippen LogP contribution in [0.15, 0.2) is 65.8 Å². The number of hydrogen-bond acceptors (Lipinski definition) is 10. The lowest BCUT2D eigenvalue weighted by Crippen LogP contribution is -2.46. The molecule has 1 saturated heterocycles. The summed E-state index contributed by atoms with van der Waals surface area (Å²) in [6.07, 6.45) is 4.98. The average Bonchev–Trinajstić information content (AvgIpc) is 3.08. The van der Waals surface area contributed by atoms with Crippen molar-refractivity contribution in [2.45, 2.75) is 39.0 Å². The van der Waals surface area contributed by atoms with E-state index in [0.717, 1.165) is 0 Å². The van der Waals surface area contributed by atoms with E-state index >= 15 is 0 Å². The molecule has 6 rings (SSSR count). The van der Waals surface area contributed by atoms with Gasteiger partial charge in [-0.3, -0.25) is 9.78 Å². The summed E-state index contributed by atoms with van der Waals surface area (Å²) in [6.45, 7) is 5.26. The summed E-state index contributed by atoms with van der Waals surface area (Å²) in [5.41, 5.74) is 3.42. The summed E-state index contributed by atoms with van der Waals surface area (Å²) >= 11 is 13.9. The summed E-state index contributed by atoms with van der Waals surface area (Å²) in [5.74, 6) is 0.721. The number of aliphatic hydroxyl groups is 1. The van der Waals surface area contributed by atoms with E-state index in [2.05, 4.69) is 25.7 Å². The second-order valence-corrected chi connectivity index (χ2v) is 11.0. The maximum Gasteiger partial charge on any atom is 0.278 e. The first-order chi connectivity index (χ1) is 22.4. The molecule has 46 heavy (non-hydrogen) atoms. The number of benzene rings is 2. The Morgan fingerprint density at radius 3 is 2.54 bits per heavy atom. The lowest BCUT2D eigenvalue weighted by atomic mass is 10.0. The Kier molecular flexibility index (Phi) is 10.8. The fourth-order valence-corrected chi connectivity index (χ4v) is 5.77. The zero-order valence-corrected chi connectivity index (χ0v) is 27.4. The van der Waals surface area contributed by atoms with Crippen LogP contribution >= 0.6 is 23.2 Å². The monoisotopic (exact) mass is 663 g/mol. The Labute approximate surface area is 276 Å². The van der Waals surface area contributed by atoms with E-state index in [0.29, 0.717) is 92.5 Å². The standard InChI is InChI=1S/C31H29Cl2N7O4.C2H6/c1-40-31(42)26-17(13-37-40)9-11-34-29(26)38-22-8-4-6-19(28(22)33)18-5-3-7-20(27(18)32)23-14-36-24(30(39-23)43-2)15-35-21-10-12-44-16-25(21)41;1-2/h3-9,11,13-14,21,25,35,41H,10,12,15-16H2,1-2H3,(H,34,38);1-2H3. The normalized spacial score (nSPS) is 16.1. The van der Waals surface area contributed by atoms with Crippen LogP contribution in [0.25, 0.3) is 33.2 Å². The summed E-state index contributed by atoms with van der Waals surface area (Å²) in [7, 11) is 3.12. The molecule has 3 aromatic heterocycles. The van der Waals surface area contributed by atoms with Crippen molar-refractivity contribution in [1.82, 2.24) is 30.0 Å². The Morgan fingerprint density at radius 2 is 1.78 bits per heavy atom. The fraction of sp³-hybridized carbons (Fsp3) is 0.303. The molecule has 1 aliphatic heterocycles. The van der Waals surface area contributed by atoms with Gasteiger partial charge < -0.3 is 25.2 Å². The van der Waals surface area contributed by atoms with Crippen LogP contribution in [0.2, 0.25) is 10.0 Å². The number of nitrogens with one attached hydrogen (secondary N) is 2. The molecule has 0 radical (unpaired) electrons. The summed E-state index contributed by atoms with van der Waals surface area (Å²) in [4.78, 5) is 26.5. The van der Waals surface area contributed by atoms with E-state index in [-0.39, 0.29) is 11.6 Å². The summed E-state index contributed by atoms with van der Waals surface area (Å²) in [6, 6.07) is 12.7. The van der Waals surface area contributed by atoms with Crippen molar-refractivity contribution in [1.29, 1.82) is 0 Å². The van der Waals surface area contributed by atoms with Crippen LogP contribution in [0.3, 0.4) is 0 Å². The van der Waals surface area contributed by atoms with E-state index < -0.39 is 6.10 Å². The number of aryl methyl sites for hydroxylation is 1. The molecular formula is C33H35Cl2N7O4. The Morgan fingerprint density at radius 1 is 1.04 bits per heavy atom. The van der Waals surface area contributed by atoms with Crippen LogP contribution in [0.4, 0.5) is 11.5 Å². The van der Waals surface area contributed by atoms with Gasteiger partial charge in [-0.2, -0.15) is 5.10 Å². The molecule has 2 atom stereocenters. The van der Waals surface area contributed by atoms with Gasteiger partial charge in [0.1, 0.15) is 11.5 Å². The predicted octanol–water partition coefficient (Wildman–Crippen LogP) is 5.78. The Hall–Kier alpha value is -4.13. The van der Waals surface area contributed by atoms with Gasteiger partial charge in [-0.25, -0.2) is 14.6 Å². The van der Waals surface area contributed by atoms with E-state index in [1.165, 1.54) is 11.8 Å². The maximum absolute atomic E-state index is 12.9. The van der Waals surface area contributed by atoms with Crippen molar-refractivity contribution < 1.29 is 14.6 Å². The zero-order chi connectivity index (χ0) is 32.8. The summed E-state index contributed by atoms with van der Waals surface area (Å²) < 4.78 is 12.1. The number of anilines is 2. The number of pyridine rings is 1. The molecule has 0 saturated carbocycles. The topological polar surface area (TPSA) is 136 Å². The van der Waals surface area contributed by atoms with E-state index in [1.54, 1.807) is 37.8 Å².